The van der Waals surface area contributed by atoms with Gasteiger partial charge in [-0.1, -0.05) is 6.92 Å². The van der Waals surface area contributed by atoms with Crippen molar-refractivity contribution in [1.29, 1.82) is 0 Å². The largest absolute Gasteiger partial charge is 0.478 e. The molecule has 30 heavy (non-hydrogen) atoms. The van der Waals surface area contributed by atoms with Crippen LogP contribution in [0, 0.1) is 18.8 Å². The molecule has 1 aliphatic carbocycles. The fourth-order valence-corrected chi connectivity index (χ4v) is 4.32. The van der Waals surface area contributed by atoms with Gasteiger partial charge < -0.3 is 20.3 Å². The third kappa shape index (κ3) is 3.22. The van der Waals surface area contributed by atoms with E-state index in [0.717, 1.165) is 31.1 Å². The number of nitrogens with zero attached hydrogens (tertiary/aromatic N) is 6. The Labute approximate surface area is 173 Å². The van der Waals surface area contributed by atoms with Crippen molar-refractivity contribution in [3.8, 4) is 5.88 Å². The number of amides is 1. The first-order valence-electron chi connectivity index (χ1n) is 10.1. The minimum absolute atomic E-state index is 0.233. The quantitative estimate of drug-likeness (QED) is 0.625. The standard InChI is InChI=1S/C20H24N8O2/c1-4-21-17-12-8-27(9-13(12)17)16-6-22-14(5-23-16)19(29)25-15-10-28-7-11(2)24-18(28)20(26-15)30-3/h5-7,10,12-13,17,21H,4,8-9H2,1-3H3,(H,25,29)/t12-,13+,17+. The maximum Gasteiger partial charge on any atom is 0.277 e. The number of aromatic nitrogens is 5. The molecule has 1 aliphatic heterocycles. The van der Waals surface area contributed by atoms with Crippen LogP contribution in [-0.2, 0) is 0 Å². The number of piperidine rings is 1. The molecular weight excluding hydrogens is 384 g/mol. The Morgan fingerprint density at radius 2 is 2.00 bits per heavy atom. The van der Waals surface area contributed by atoms with E-state index in [1.54, 1.807) is 16.8 Å². The summed E-state index contributed by atoms with van der Waals surface area (Å²) in [6.07, 6.45) is 6.70. The molecule has 1 amide bonds. The van der Waals surface area contributed by atoms with E-state index in [0.29, 0.717) is 35.2 Å². The Kier molecular flexibility index (Phi) is 4.50. The zero-order chi connectivity index (χ0) is 20.8. The van der Waals surface area contributed by atoms with Gasteiger partial charge in [0.2, 0.25) is 5.65 Å². The third-order valence-corrected chi connectivity index (χ3v) is 5.79. The smallest absolute Gasteiger partial charge is 0.277 e. The number of fused-ring (bicyclic) bond motifs is 2. The van der Waals surface area contributed by atoms with Crippen molar-refractivity contribution in [3.05, 3.63) is 36.2 Å². The number of aryl methyl sites for hydroxylation is 1. The number of methoxy groups -OCH3 is 1. The lowest BCUT2D eigenvalue weighted by atomic mass is 10.3. The van der Waals surface area contributed by atoms with Gasteiger partial charge in [-0.2, -0.15) is 4.98 Å². The number of carbonyl (C=O) groups excluding carboxylic acids is 1. The highest BCUT2D eigenvalue weighted by Gasteiger charge is 2.55. The summed E-state index contributed by atoms with van der Waals surface area (Å²) in [5.41, 5.74) is 1.66. The van der Waals surface area contributed by atoms with E-state index in [-0.39, 0.29) is 11.6 Å². The summed E-state index contributed by atoms with van der Waals surface area (Å²) in [5, 5.41) is 6.28. The molecule has 156 valence electrons. The minimum Gasteiger partial charge on any atom is -0.478 e. The molecule has 3 atom stereocenters. The Hall–Kier alpha value is -3.27. The van der Waals surface area contributed by atoms with Gasteiger partial charge in [-0.05, 0) is 25.3 Å². The van der Waals surface area contributed by atoms with Crippen molar-refractivity contribution < 1.29 is 9.53 Å². The van der Waals surface area contributed by atoms with E-state index in [1.807, 2.05) is 13.1 Å². The molecule has 10 heteroatoms. The van der Waals surface area contributed by atoms with E-state index >= 15 is 0 Å². The average molecular weight is 408 g/mol. The highest BCUT2D eigenvalue weighted by molar-refractivity contribution is 6.02. The maximum atomic E-state index is 12.6. The Morgan fingerprint density at radius 3 is 2.67 bits per heavy atom. The van der Waals surface area contributed by atoms with Crippen LogP contribution in [0.2, 0.25) is 0 Å². The predicted octanol–water partition coefficient (Wildman–Crippen LogP) is 1.13. The molecule has 3 aromatic rings. The van der Waals surface area contributed by atoms with Gasteiger partial charge in [0.15, 0.2) is 5.82 Å². The monoisotopic (exact) mass is 408 g/mol. The first kappa shape index (κ1) is 18.7. The van der Waals surface area contributed by atoms with E-state index in [9.17, 15) is 4.79 Å². The normalized spacial score (nSPS) is 22.2. The molecule has 0 bridgehead atoms. The van der Waals surface area contributed by atoms with Crippen LogP contribution in [0.4, 0.5) is 11.6 Å². The average Bonchev–Trinajstić information content (AvgIpc) is 3.08. The maximum absolute atomic E-state index is 12.6. The van der Waals surface area contributed by atoms with Crippen LogP contribution in [-0.4, -0.2) is 63.0 Å². The van der Waals surface area contributed by atoms with Crippen LogP contribution in [0.25, 0.3) is 5.65 Å². The van der Waals surface area contributed by atoms with Crippen molar-refractivity contribution in [2.75, 3.05) is 37.0 Å². The summed E-state index contributed by atoms with van der Waals surface area (Å²) >= 11 is 0. The Balaban J connectivity index is 1.27. The molecule has 2 fully saturated rings. The van der Waals surface area contributed by atoms with Crippen LogP contribution in [0.5, 0.6) is 5.88 Å². The SMILES string of the molecule is CCN[C@H]1[C@@H]2CN(c3cnc(C(=O)Nc4cn5cc(C)nc5c(OC)n4)cn3)C[C@@H]21. The van der Waals surface area contributed by atoms with E-state index < -0.39 is 0 Å². The fraction of sp³-hybridized carbons (Fsp3) is 0.450. The zero-order valence-electron chi connectivity index (χ0n) is 17.2. The van der Waals surface area contributed by atoms with Gasteiger partial charge in [0.05, 0.1) is 31.4 Å². The molecule has 2 aliphatic rings. The molecule has 3 aromatic heterocycles. The van der Waals surface area contributed by atoms with E-state index in [4.69, 9.17) is 4.74 Å². The molecule has 4 heterocycles. The van der Waals surface area contributed by atoms with Crippen LogP contribution < -0.4 is 20.3 Å². The highest BCUT2D eigenvalue weighted by atomic mass is 16.5. The van der Waals surface area contributed by atoms with Crippen LogP contribution >= 0.6 is 0 Å². The topological polar surface area (TPSA) is 110 Å². The van der Waals surface area contributed by atoms with Gasteiger partial charge in [-0.15, -0.1) is 0 Å². The van der Waals surface area contributed by atoms with Gasteiger partial charge in [0.25, 0.3) is 11.8 Å². The summed E-state index contributed by atoms with van der Waals surface area (Å²) in [4.78, 5) is 32.3. The van der Waals surface area contributed by atoms with Crippen molar-refractivity contribution in [3.63, 3.8) is 0 Å². The summed E-state index contributed by atoms with van der Waals surface area (Å²) in [6, 6.07) is 0.644. The van der Waals surface area contributed by atoms with Crippen molar-refractivity contribution in [2.45, 2.75) is 19.9 Å². The molecule has 2 N–H and O–H groups in total. The van der Waals surface area contributed by atoms with Gasteiger partial charge in [0.1, 0.15) is 11.5 Å². The second-order valence-corrected chi connectivity index (χ2v) is 7.78. The number of hydrogen-bond acceptors (Lipinski definition) is 8. The first-order valence-corrected chi connectivity index (χ1v) is 10.1. The van der Waals surface area contributed by atoms with Crippen LogP contribution in [0.3, 0.4) is 0 Å². The molecule has 0 unspecified atom stereocenters. The van der Waals surface area contributed by atoms with Crippen molar-refractivity contribution in [1.82, 2.24) is 29.7 Å². The summed E-state index contributed by atoms with van der Waals surface area (Å²) in [6.45, 7) is 7.00. The lowest BCUT2D eigenvalue weighted by Crippen LogP contribution is -2.31. The number of anilines is 2. The molecule has 1 saturated heterocycles. The molecule has 0 spiro atoms. The summed E-state index contributed by atoms with van der Waals surface area (Å²) < 4.78 is 7.06. The molecule has 10 nitrogen and oxygen atoms in total. The highest BCUT2D eigenvalue weighted by Crippen LogP contribution is 2.46. The van der Waals surface area contributed by atoms with Gasteiger partial charge >= 0.3 is 0 Å². The van der Waals surface area contributed by atoms with Crippen LogP contribution in [0.1, 0.15) is 23.1 Å². The number of rotatable bonds is 6. The summed E-state index contributed by atoms with van der Waals surface area (Å²) in [7, 11) is 1.52. The minimum atomic E-state index is -0.378. The number of carbonyl (C=O) groups is 1. The second kappa shape index (κ2) is 7.21. The molecule has 1 saturated carbocycles. The lowest BCUT2D eigenvalue weighted by Gasteiger charge is -2.20. The van der Waals surface area contributed by atoms with Crippen LogP contribution in [0.15, 0.2) is 24.8 Å². The van der Waals surface area contributed by atoms with Crippen molar-refractivity contribution in [2.24, 2.45) is 11.8 Å². The number of nitrogens with one attached hydrogen (secondary N) is 2. The number of imidazole rings is 1. The Morgan fingerprint density at radius 1 is 1.20 bits per heavy atom. The van der Waals surface area contributed by atoms with Crippen molar-refractivity contribution >= 4 is 23.2 Å². The summed E-state index contributed by atoms with van der Waals surface area (Å²) in [5.74, 6) is 2.50. The number of hydrogen-bond donors (Lipinski definition) is 2. The first-order chi connectivity index (χ1) is 14.6. The Bertz CT molecular complexity index is 1080. The zero-order valence-corrected chi connectivity index (χ0v) is 17.2. The fourth-order valence-electron chi connectivity index (χ4n) is 4.32. The number of ether oxygens (including phenoxy) is 1. The van der Waals surface area contributed by atoms with Gasteiger partial charge in [-0.25, -0.2) is 15.0 Å². The van der Waals surface area contributed by atoms with E-state index in [1.165, 1.54) is 13.3 Å². The van der Waals surface area contributed by atoms with E-state index in [2.05, 4.69) is 42.4 Å². The van der Waals surface area contributed by atoms with Gasteiger partial charge in [0, 0.05) is 25.3 Å². The molecule has 5 rings (SSSR count). The third-order valence-electron chi connectivity index (χ3n) is 5.79. The molecule has 0 aromatic carbocycles. The predicted molar refractivity (Wildman–Crippen MR) is 111 cm³/mol. The lowest BCUT2D eigenvalue weighted by molar-refractivity contribution is 0.102. The molecule has 0 radical (unpaired) electrons. The van der Waals surface area contributed by atoms with Gasteiger partial charge in [-0.3, -0.25) is 9.20 Å². The molecular formula is C20H24N8O2. The second-order valence-electron chi connectivity index (χ2n) is 7.78.